The van der Waals surface area contributed by atoms with E-state index < -0.39 is 15.1 Å². The third-order valence-corrected chi connectivity index (χ3v) is 5.86. The van der Waals surface area contributed by atoms with E-state index in [1.54, 1.807) is 27.0 Å². The van der Waals surface area contributed by atoms with E-state index >= 15 is 0 Å². The molecule has 0 fully saturated rings. The topological polar surface area (TPSA) is 46.2 Å². The SMILES string of the molecule is CNC(C)C(C)S(=O)(=O)c1cc(Cl)ccc1Cl. The summed E-state index contributed by atoms with van der Waals surface area (Å²) in [4.78, 5) is 0.0845. The fourth-order valence-corrected chi connectivity index (χ4v) is 3.78. The van der Waals surface area contributed by atoms with Crippen molar-refractivity contribution in [1.29, 1.82) is 0 Å². The molecular formula is C11H15Cl2NO2S. The summed E-state index contributed by atoms with van der Waals surface area (Å²) in [6.07, 6.45) is 0. The van der Waals surface area contributed by atoms with E-state index in [9.17, 15) is 8.42 Å². The molecular weight excluding hydrogens is 281 g/mol. The molecule has 3 nitrogen and oxygen atoms in total. The zero-order chi connectivity index (χ0) is 13.2. The Hall–Kier alpha value is -0.290. The van der Waals surface area contributed by atoms with Crippen molar-refractivity contribution in [2.45, 2.75) is 30.0 Å². The van der Waals surface area contributed by atoms with Gasteiger partial charge in [0.1, 0.15) is 0 Å². The van der Waals surface area contributed by atoms with E-state index in [0.29, 0.717) is 5.02 Å². The van der Waals surface area contributed by atoms with Gasteiger partial charge in [-0.3, -0.25) is 0 Å². The van der Waals surface area contributed by atoms with Crippen molar-refractivity contribution in [1.82, 2.24) is 5.32 Å². The molecule has 0 amide bonds. The first-order chi connectivity index (χ1) is 7.80. The van der Waals surface area contributed by atoms with Crippen LogP contribution in [0.4, 0.5) is 0 Å². The van der Waals surface area contributed by atoms with E-state index in [0.717, 1.165) is 0 Å². The zero-order valence-corrected chi connectivity index (χ0v) is 12.2. The van der Waals surface area contributed by atoms with Crippen molar-refractivity contribution in [3.05, 3.63) is 28.2 Å². The smallest absolute Gasteiger partial charge is 0.183 e. The van der Waals surface area contributed by atoms with Gasteiger partial charge in [0.25, 0.3) is 0 Å². The Bertz CT molecular complexity index is 502. The van der Waals surface area contributed by atoms with Crippen LogP contribution < -0.4 is 5.32 Å². The predicted molar refractivity (Wildman–Crippen MR) is 71.6 cm³/mol. The molecule has 1 aromatic rings. The molecule has 96 valence electrons. The lowest BCUT2D eigenvalue weighted by Gasteiger charge is -2.20. The fourth-order valence-electron chi connectivity index (χ4n) is 1.40. The second-order valence-corrected chi connectivity index (χ2v) is 7.02. The van der Waals surface area contributed by atoms with Gasteiger partial charge in [-0.15, -0.1) is 0 Å². The number of benzene rings is 1. The molecule has 0 saturated carbocycles. The van der Waals surface area contributed by atoms with Gasteiger partial charge in [-0.25, -0.2) is 8.42 Å². The summed E-state index contributed by atoms with van der Waals surface area (Å²) in [5, 5.41) is 2.90. The van der Waals surface area contributed by atoms with Gasteiger partial charge in [0.05, 0.1) is 15.2 Å². The molecule has 1 rings (SSSR count). The van der Waals surface area contributed by atoms with Crippen LogP contribution in [0.2, 0.25) is 10.0 Å². The van der Waals surface area contributed by atoms with Gasteiger partial charge >= 0.3 is 0 Å². The van der Waals surface area contributed by atoms with Crippen LogP contribution in [0.1, 0.15) is 13.8 Å². The van der Waals surface area contributed by atoms with E-state index in [1.165, 1.54) is 12.1 Å². The number of hydrogen-bond donors (Lipinski definition) is 1. The third-order valence-electron chi connectivity index (χ3n) is 2.85. The highest BCUT2D eigenvalue weighted by Crippen LogP contribution is 2.28. The monoisotopic (exact) mass is 295 g/mol. The summed E-state index contributed by atoms with van der Waals surface area (Å²) in [5.74, 6) is 0. The summed E-state index contributed by atoms with van der Waals surface area (Å²) in [7, 11) is -1.76. The summed E-state index contributed by atoms with van der Waals surface area (Å²) in [6, 6.07) is 4.27. The summed E-state index contributed by atoms with van der Waals surface area (Å²) in [5.41, 5.74) is 0. The normalized spacial score (nSPS) is 15.6. The minimum Gasteiger partial charge on any atom is -0.316 e. The molecule has 2 atom stereocenters. The average Bonchev–Trinajstić information content (AvgIpc) is 2.30. The van der Waals surface area contributed by atoms with Crippen LogP contribution >= 0.6 is 23.2 Å². The van der Waals surface area contributed by atoms with Crippen LogP contribution in [-0.2, 0) is 9.84 Å². The first-order valence-corrected chi connectivity index (χ1v) is 7.47. The molecule has 1 N–H and O–H groups in total. The van der Waals surface area contributed by atoms with Crippen LogP contribution in [0.3, 0.4) is 0 Å². The molecule has 0 saturated heterocycles. The Morgan fingerprint density at radius 3 is 2.35 bits per heavy atom. The zero-order valence-electron chi connectivity index (χ0n) is 9.87. The molecule has 2 unspecified atom stereocenters. The van der Waals surface area contributed by atoms with Crippen LogP contribution in [0.15, 0.2) is 23.1 Å². The first kappa shape index (κ1) is 14.8. The Morgan fingerprint density at radius 2 is 1.82 bits per heavy atom. The van der Waals surface area contributed by atoms with Gasteiger partial charge in [-0.1, -0.05) is 23.2 Å². The first-order valence-electron chi connectivity index (χ1n) is 5.17. The second-order valence-electron chi connectivity index (χ2n) is 3.90. The van der Waals surface area contributed by atoms with E-state index in [-0.39, 0.29) is 16.0 Å². The minimum absolute atomic E-state index is 0.0845. The molecule has 0 heterocycles. The quantitative estimate of drug-likeness (QED) is 0.929. The highest BCUT2D eigenvalue weighted by atomic mass is 35.5. The van der Waals surface area contributed by atoms with Crippen molar-refractivity contribution in [2.24, 2.45) is 0 Å². The standard InChI is InChI=1S/C11H15Cl2NO2S/c1-7(14-3)8(2)17(15,16)11-6-9(12)4-5-10(11)13/h4-8,14H,1-3H3. The molecule has 6 heteroatoms. The molecule has 0 radical (unpaired) electrons. The highest BCUT2D eigenvalue weighted by molar-refractivity contribution is 7.92. The maximum atomic E-state index is 12.3. The lowest BCUT2D eigenvalue weighted by atomic mass is 10.3. The molecule has 0 spiro atoms. The number of sulfone groups is 1. The number of nitrogens with one attached hydrogen (secondary N) is 1. The van der Waals surface area contributed by atoms with Crippen LogP contribution in [0.25, 0.3) is 0 Å². The van der Waals surface area contributed by atoms with Gasteiger partial charge in [0, 0.05) is 11.1 Å². The maximum Gasteiger partial charge on any atom is 0.183 e. The van der Waals surface area contributed by atoms with E-state index in [4.69, 9.17) is 23.2 Å². The Balaban J connectivity index is 3.26. The van der Waals surface area contributed by atoms with Gasteiger partial charge < -0.3 is 5.32 Å². The third kappa shape index (κ3) is 3.13. The summed E-state index contributed by atoms with van der Waals surface area (Å²) in [6.45, 7) is 3.45. The average molecular weight is 296 g/mol. The second kappa shape index (κ2) is 5.57. The number of hydrogen-bond acceptors (Lipinski definition) is 3. The van der Waals surface area contributed by atoms with Crippen LogP contribution in [0.5, 0.6) is 0 Å². The number of halogens is 2. The molecule has 1 aromatic carbocycles. The van der Waals surface area contributed by atoms with Crippen molar-refractivity contribution >= 4 is 33.0 Å². The number of rotatable bonds is 4. The lowest BCUT2D eigenvalue weighted by molar-refractivity contribution is 0.539. The molecule has 0 aliphatic rings. The fraction of sp³-hybridized carbons (Fsp3) is 0.455. The van der Waals surface area contributed by atoms with Crippen LogP contribution in [0, 0.1) is 0 Å². The molecule has 17 heavy (non-hydrogen) atoms. The van der Waals surface area contributed by atoms with Gasteiger partial charge in [-0.2, -0.15) is 0 Å². The van der Waals surface area contributed by atoms with Crippen LogP contribution in [-0.4, -0.2) is 26.8 Å². The van der Waals surface area contributed by atoms with E-state index in [1.807, 2.05) is 0 Å². The van der Waals surface area contributed by atoms with Gasteiger partial charge in [-0.05, 0) is 39.1 Å². The van der Waals surface area contributed by atoms with Crippen molar-refractivity contribution in [3.8, 4) is 0 Å². The summed E-state index contributed by atoms with van der Waals surface area (Å²) >= 11 is 11.7. The van der Waals surface area contributed by atoms with Crippen molar-refractivity contribution in [3.63, 3.8) is 0 Å². The molecule has 0 bridgehead atoms. The van der Waals surface area contributed by atoms with Crippen molar-refractivity contribution < 1.29 is 8.42 Å². The van der Waals surface area contributed by atoms with Crippen molar-refractivity contribution in [2.75, 3.05) is 7.05 Å². The minimum atomic E-state index is -3.48. The Labute approximate surface area is 112 Å². The van der Waals surface area contributed by atoms with E-state index in [2.05, 4.69) is 5.32 Å². The lowest BCUT2D eigenvalue weighted by Crippen LogP contribution is -2.38. The predicted octanol–water partition coefficient (Wildman–Crippen LogP) is 2.76. The van der Waals surface area contributed by atoms with Gasteiger partial charge in [0.15, 0.2) is 9.84 Å². The highest BCUT2D eigenvalue weighted by Gasteiger charge is 2.29. The molecule has 0 aliphatic carbocycles. The molecule has 0 aromatic heterocycles. The Morgan fingerprint density at radius 1 is 1.24 bits per heavy atom. The largest absolute Gasteiger partial charge is 0.316 e. The summed E-state index contributed by atoms with van der Waals surface area (Å²) < 4.78 is 24.6. The Kier molecular flexibility index (Phi) is 4.84. The molecule has 0 aliphatic heterocycles. The van der Waals surface area contributed by atoms with Gasteiger partial charge in [0.2, 0.25) is 0 Å². The maximum absolute atomic E-state index is 12.3.